The summed E-state index contributed by atoms with van der Waals surface area (Å²) < 4.78 is 10.4. The van der Waals surface area contributed by atoms with Crippen molar-refractivity contribution in [2.75, 3.05) is 14.2 Å². The van der Waals surface area contributed by atoms with Crippen LogP contribution >= 0.6 is 0 Å². The van der Waals surface area contributed by atoms with Gasteiger partial charge in [-0.1, -0.05) is 20.3 Å². The van der Waals surface area contributed by atoms with Crippen LogP contribution in [0.2, 0.25) is 0 Å². The van der Waals surface area contributed by atoms with Gasteiger partial charge in [-0.3, -0.25) is 0 Å². The van der Waals surface area contributed by atoms with Gasteiger partial charge in [-0.05, 0) is 5.92 Å². The number of aliphatic hydroxyl groups excluding tert-OH is 1. The highest BCUT2D eigenvalue weighted by Crippen LogP contribution is 2.39. The van der Waals surface area contributed by atoms with Crippen molar-refractivity contribution in [3.05, 3.63) is 17.7 Å². The molecule has 19 heavy (non-hydrogen) atoms. The van der Waals surface area contributed by atoms with Crippen LogP contribution in [0.1, 0.15) is 31.9 Å². The van der Waals surface area contributed by atoms with Crippen LogP contribution in [0.4, 0.5) is 0 Å². The van der Waals surface area contributed by atoms with E-state index < -0.39 is 12.1 Å². The molecular weight excluding hydrogens is 246 g/mol. The fourth-order valence-corrected chi connectivity index (χ4v) is 2.02. The standard InChI is InChI=1S/C14H23NO4/c1-5-8(2)14(17)13(15)12-10(18-3)6-9(16)7-11(12)19-4/h6-8,13-14,16-17H,5,15H2,1-4H3/t8?,13-,14+/m0/s1. The van der Waals surface area contributed by atoms with Crippen LogP contribution in [-0.2, 0) is 0 Å². The molecule has 0 saturated heterocycles. The quantitative estimate of drug-likeness (QED) is 0.733. The van der Waals surface area contributed by atoms with E-state index in [4.69, 9.17) is 15.2 Å². The highest BCUT2D eigenvalue weighted by atomic mass is 16.5. The number of aromatic hydroxyl groups is 1. The molecule has 0 saturated carbocycles. The third-order valence-corrected chi connectivity index (χ3v) is 3.46. The Labute approximate surface area is 114 Å². The Morgan fingerprint density at radius 3 is 2.05 bits per heavy atom. The Balaban J connectivity index is 3.23. The van der Waals surface area contributed by atoms with Crippen molar-refractivity contribution < 1.29 is 19.7 Å². The van der Waals surface area contributed by atoms with Gasteiger partial charge in [-0.15, -0.1) is 0 Å². The summed E-state index contributed by atoms with van der Waals surface area (Å²) in [7, 11) is 2.97. The Bertz CT molecular complexity index is 397. The van der Waals surface area contributed by atoms with E-state index in [1.54, 1.807) is 0 Å². The number of ether oxygens (including phenoxy) is 2. The first-order chi connectivity index (χ1) is 8.96. The Morgan fingerprint density at radius 1 is 1.21 bits per heavy atom. The maximum absolute atomic E-state index is 10.3. The van der Waals surface area contributed by atoms with Crippen LogP contribution in [0, 0.1) is 5.92 Å². The van der Waals surface area contributed by atoms with Crippen molar-refractivity contribution in [2.45, 2.75) is 32.4 Å². The van der Waals surface area contributed by atoms with Gasteiger partial charge in [0.15, 0.2) is 0 Å². The molecule has 108 valence electrons. The van der Waals surface area contributed by atoms with E-state index in [2.05, 4.69) is 0 Å². The molecule has 5 nitrogen and oxygen atoms in total. The highest BCUT2D eigenvalue weighted by Gasteiger charge is 2.28. The summed E-state index contributed by atoms with van der Waals surface area (Å²) in [6, 6.07) is 2.28. The molecule has 1 unspecified atom stereocenters. The van der Waals surface area contributed by atoms with Crippen molar-refractivity contribution in [3.8, 4) is 17.2 Å². The van der Waals surface area contributed by atoms with Crippen LogP contribution in [0.5, 0.6) is 17.2 Å². The molecule has 0 aliphatic carbocycles. The Hall–Kier alpha value is -1.46. The summed E-state index contributed by atoms with van der Waals surface area (Å²) in [4.78, 5) is 0. The molecule has 0 fully saturated rings. The molecule has 4 N–H and O–H groups in total. The summed E-state index contributed by atoms with van der Waals surface area (Å²) in [6.45, 7) is 3.93. The van der Waals surface area contributed by atoms with Gasteiger partial charge < -0.3 is 25.4 Å². The lowest BCUT2D eigenvalue weighted by molar-refractivity contribution is 0.0860. The van der Waals surface area contributed by atoms with E-state index in [-0.39, 0.29) is 11.7 Å². The lowest BCUT2D eigenvalue weighted by atomic mass is 9.90. The van der Waals surface area contributed by atoms with Crippen molar-refractivity contribution in [2.24, 2.45) is 11.7 Å². The first kappa shape index (κ1) is 15.6. The van der Waals surface area contributed by atoms with Crippen molar-refractivity contribution in [1.29, 1.82) is 0 Å². The molecule has 0 aliphatic heterocycles. The van der Waals surface area contributed by atoms with Gasteiger partial charge >= 0.3 is 0 Å². The summed E-state index contributed by atoms with van der Waals surface area (Å²) in [5, 5.41) is 19.8. The average Bonchev–Trinajstić information content (AvgIpc) is 2.43. The van der Waals surface area contributed by atoms with E-state index in [0.29, 0.717) is 17.1 Å². The fourth-order valence-electron chi connectivity index (χ4n) is 2.02. The van der Waals surface area contributed by atoms with E-state index >= 15 is 0 Å². The first-order valence-corrected chi connectivity index (χ1v) is 6.34. The van der Waals surface area contributed by atoms with Gasteiger partial charge in [0.1, 0.15) is 17.2 Å². The zero-order valence-corrected chi connectivity index (χ0v) is 11.9. The second-order valence-corrected chi connectivity index (χ2v) is 4.67. The predicted molar refractivity (Wildman–Crippen MR) is 73.6 cm³/mol. The van der Waals surface area contributed by atoms with Crippen molar-refractivity contribution in [3.63, 3.8) is 0 Å². The third kappa shape index (κ3) is 3.30. The SMILES string of the molecule is CCC(C)[C@@H](O)[C@@H](N)c1c(OC)cc(O)cc1OC. The van der Waals surface area contributed by atoms with Gasteiger partial charge in [-0.25, -0.2) is 0 Å². The average molecular weight is 269 g/mol. The van der Waals surface area contributed by atoms with Gasteiger partial charge in [0, 0.05) is 12.1 Å². The lowest BCUT2D eigenvalue weighted by Gasteiger charge is -2.26. The third-order valence-electron chi connectivity index (χ3n) is 3.46. The minimum Gasteiger partial charge on any atom is -0.508 e. The van der Waals surface area contributed by atoms with E-state index in [9.17, 15) is 10.2 Å². The number of hydrogen-bond donors (Lipinski definition) is 3. The molecule has 0 bridgehead atoms. The van der Waals surface area contributed by atoms with Gasteiger partial charge in [-0.2, -0.15) is 0 Å². The maximum atomic E-state index is 10.3. The molecular formula is C14H23NO4. The molecule has 5 heteroatoms. The normalized spacial score (nSPS) is 15.7. The fraction of sp³-hybridized carbons (Fsp3) is 0.571. The van der Waals surface area contributed by atoms with Crippen LogP contribution in [-0.4, -0.2) is 30.5 Å². The van der Waals surface area contributed by atoms with E-state index in [1.807, 2.05) is 13.8 Å². The van der Waals surface area contributed by atoms with Crippen LogP contribution in [0.15, 0.2) is 12.1 Å². The molecule has 0 aromatic heterocycles. The Kier molecular flexibility index (Phi) is 5.44. The molecule has 3 atom stereocenters. The van der Waals surface area contributed by atoms with E-state index in [1.165, 1.54) is 26.4 Å². The molecule has 0 aliphatic rings. The summed E-state index contributed by atoms with van der Waals surface area (Å²) in [5.41, 5.74) is 6.69. The lowest BCUT2D eigenvalue weighted by Crippen LogP contribution is -2.32. The molecule has 0 spiro atoms. The van der Waals surface area contributed by atoms with Crippen LogP contribution < -0.4 is 15.2 Å². The number of rotatable bonds is 6. The van der Waals surface area contributed by atoms with Gasteiger partial charge in [0.2, 0.25) is 0 Å². The second kappa shape index (κ2) is 6.63. The van der Waals surface area contributed by atoms with Gasteiger partial charge in [0.25, 0.3) is 0 Å². The number of benzene rings is 1. The van der Waals surface area contributed by atoms with E-state index in [0.717, 1.165) is 6.42 Å². The zero-order chi connectivity index (χ0) is 14.6. The number of phenolic OH excluding ortho intramolecular Hbond substituents is 1. The monoisotopic (exact) mass is 269 g/mol. The number of aliphatic hydroxyl groups is 1. The number of phenols is 1. The molecule has 0 amide bonds. The zero-order valence-electron chi connectivity index (χ0n) is 11.9. The number of nitrogens with two attached hydrogens (primary N) is 1. The first-order valence-electron chi connectivity index (χ1n) is 6.34. The molecule has 0 heterocycles. The largest absolute Gasteiger partial charge is 0.508 e. The minimum atomic E-state index is -0.711. The molecule has 1 aromatic rings. The second-order valence-electron chi connectivity index (χ2n) is 4.67. The summed E-state index contributed by atoms with van der Waals surface area (Å²) in [6.07, 6.45) is 0.106. The number of hydrogen-bond acceptors (Lipinski definition) is 5. The molecule has 1 aromatic carbocycles. The van der Waals surface area contributed by atoms with Crippen molar-refractivity contribution in [1.82, 2.24) is 0 Å². The number of methoxy groups -OCH3 is 2. The van der Waals surface area contributed by atoms with Crippen molar-refractivity contribution >= 4 is 0 Å². The van der Waals surface area contributed by atoms with Crippen LogP contribution in [0.3, 0.4) is 0 Å². The topological polar surface area (TPSA) is 84.9 Å². The molecule has 0 radical (unpaired) electrons. The maximum Gasteiger partial charge on any atom is 0.131 e. The predicted octanol–water partition coefficient (Wildman–Crippen LogP) is 1.82. The smallest absolute Gasteiger partial charge is 0.131 e. The molecule has 1 rings (SSSR count). The summed E-state index contributed by atoms with van der Waals surface area (Å²) in [5.74, 6) is 0.902. The Morgan fingerprint density at radius 2 is 1.68 bits per heavy atom. The van der Waals surface area contributed by atoms with Crippen LogP contribution in [0.25, 0.3) is 0 Å². The highest BCUT2D eigenvalue weighted by molar-refractivity contribution is 5.52. The minimum absolute atomic E-state index is 0.0303. The summed E-state index contributed by atoms with van der Waals surface area (Å²) >= 11 is 0. The van der Waals surface area contributed by atoms with Gasteiger partial charge in [0.05, 0.1) is 31.9 Å².